The van der Waals surface area contributed by atoms with E-state index in [2.05, 4.69) is 20.8 Å². The zero-order valence-electron chi connectivity index (χ0n) is 21.2. The molecule has 0 unspecified atom stereocenters. The first-order valence-electron chi connectivity index (χ1n) is 11.9. The van der Waals surface area contributed by atoms with Gasteiger partial charge in [-0.15, -0.1) is 10.2 Å². The molecule has 0 saturated heterocycles. The number of rotatable bonds is 10. The van der Waals surface area contributed by atoms with E-state index in [1.807, 2.05) is 36.6 Å². The quantitative estimate of drug-likeness (QED) is 0.228. The van der Waals surface area contributed by atoms with Crippen molar-refractivity contribution in [2.24, 2.45) is 0 Å². The van der Waals surface area contributed by atoms with Crippen molar-refractivity contribution >= 4 is 35.2 Å². The molecule has 0 bridgehead atoms. The van der Waals surface area contributed by atoms with Crippen LogP contribution in [0.2, 0.25) is 0 Å². The molecular weight excluding hydrogens is 506 g/mol. The molecule has 2 N–H and O–H groups in total. The van der Waals surface area contributed by atoms with Crippen LogP contribution >= 0.6 is 11.8 Å². The van der Waals surface area contributed by atoms with E-state index in [0.717, 1.165) is 16.8 Å². The van der Waals surface area contributed by atoms with Gasteiger partial charge in [-0.2, -0.15) is 0 Å². The first-order chi connectivity index (χ1) is 18.4. The van der Waals surface area contributed by atoms with E-state index < -0.39 is 5.97 Å². The normalized spacial score (nSPS) is 10.7. The van der Waals surface area contributed by atoms with E-state index in [1.54, 1.807) is 43.3 Å². The number of thioether (sulfide) groups is 1. The summed E-state index contributed by atoms with van der Waals surface area (Å²) in [6.45, 7) is 6.13. The summed E-state index contributed by atoms with van der Waals surface area (Å²) in [7, 11) is 0. The Bertz CT molecular complexity index is 1430. The van der Waals surface area contributed by atoms with Crippen LogP contribution in [0.1, 0.15) is 44.8 Å². The summed E-state index contributed by atoms with van der Waals surface area (Å²) in [5, 5.41) is 14.7. The lowest BCUT2D eigenvalue weighted by Crippen LogP contribution is -2.24. The van der Waals surface area contributed by atoms with Gasteiger partial charge in [-0.1, -0.05) is 29.5 Å². The summed E-state index contributed by atoms with van der Waals surface area (Å²) >= 11 is 1.22. The number of esters is 1. The molecule has 38 heavy (non-hydrogen) atoms. The van der Waals surface area contributed by atoms with Gasteiger partial charge in [0, 0.05) is 5.69 Å². The van der Waals surface area contributed by atoms with E-state index in [9.17, 15) is 14.4 Å². The van der Waals surface area contributed by atoms with Crippen molar-refractivity contribution in [3.05, 3.63) is 89.1 Å². The van der Waals surface area contributed by atoms with E-state index >= 15 is 0 Å². The number of furan rings is 1. The second kappa shape index (κ2) is 12.2. The number of benzene rings is 2. The SMILES string of the molecule is CCOC(=O)c1ccc(NC(=O)CSc2nnc(CNC(=O)c3ccco3)n2-c2ccc(C)cc2C)cc1. The Kier molecular flexibility index (Phi) is 8.59. The molecule has 0 aliphatic rings. The Balaban J connectivity index is 1.47. The number of hydrogen-bond donors (Lipinski definition) is 2. The van der Waals surface area contributed by atoms with E-state index in [4.69, 9.17) is 9.15 Å². The fourth-order valence-corrected chi connectivity index (χ4v) is 4.46. The van der Waals surface area contributed by atoms with Crippen molar-refractivity contribution in [1.29, 1.82) is 0 Å². The number of anilines is 1. The van der Waals surface area contributed by atoms with E-state index in [-0.39, 0.29) is 29.9 Å². The lowest BCUT2D eigenvalue weighted by atomic mass is 10.1. The van der Waals surface area contributed by atoms with Gasteiger partial charge < -0.3 is 19.8 Å². The first-order valence-corrected chi connectivity index (χ1v) is 12.9. The minimum atomic E-state index is -0.414. The maximum atomic E-state index is 12.7. The zero-order chi connectivity index (χ0) is 27.1. The fraction of sp³-hybridized carbons (Fsp3) is 0.222. The largest absolute Gasteiger partial charge is 0.462 e. The van der Waals surface area contributed by atoms with Gasteiger partial charge in [-0.25, -0.2) is 4.79 Å². The van der Waals surface area contributed by atoms with E-state index in [0.29, 0.717) is 28.8 Å². The van der Waals surface area contributed by atoms with Gasteiger partial charge in [-0.05, 0) is 68.8 Å². The molecule has 2 aromatic carbocycles. The first kappa shape index (κ1) is 26.7. The predicted molar refractivity (Wildman–Crippen MR) is 142 cm³/mol. The van der Waals surface area contributed by atoms with Gasteiger partial charge in [-0.3, -0.25) is 14.2 Å². The van der Waals surface area contributed by atoms with Crippen LogP contribution in [0.3, 0.4) is 0 Å². The van der Waals surface area contributed by atoms with Gasteiger partial charge in [0.1, 0.15) is 0 Å². The van der Waals surface area contributed by atoms with Crippen molar-refractivity contribution in [1.82, 2.24) is 20.1 Å². The second-order valence-corrected chi connectivity index (χ2v) is 9.26. The number of aromatic nitrogens is 3. The van der Waals surface area contributed by atoms with Crippen molar-refractivity contribution in [3.63, 3.8) is 0 Å². The highest BCUT2D eigenvalue weighted by molar-refractivity contribution is 7.99. The van der Waals surface area contributed by atoms with Crippen molar-refractivity contribution in [2.75, 3.05) is 17.7 Å². The molecule has 0 saturated carbocycles. The zero-order valence-corrected chi connectivity index (χ0v) is 22.0. The Morgan fingerprint density at radius 2 is 1.84 bits per heavy atom. The Morgan fingerprint density at radius 3 is 2.53 bits per heavy atom. The maximum absolute atomic E-state index is 12.7. The van der Waals surface area contributed by atoms with Gasteiger partial charge in [0.15, 0.2) is 16.7 Å². The summed E-state index contributed by atoms with van der Waals surface area (Å²) in [6, 6.07) is 15.7. The Labute approximate surface area is 223 Å². The molecule has 0 atom stereocenters. The van der Waals surface area contributed by atoms with Crippen molar-refractivity contribution < 1.29 is 23.5 Å². The molecule has 0 spiro atoms. The topological polar surface area (TPSA) is 128 Å². The monoisotopic (exact) mass is 533 g/mol. The third kappa shape index (κ3) is 6.48. The van der Waals surface area contributed by atoms with Crippen LogP contribution < -0.4 is 10.6 Å². The number of aryl methyl sites for hydroxylation is 2. The lowest BCUT2D eigenvalue weighted by Gasteiger charge is -2.14. The number of nitrogens with zero attached hydrogens (tertiary/aromatic N) is 3. The standard InChI is InChI=1S/C27H27N5O5S/c1-4-36-26(35)19-8-10-20(11-9-19)29-24(33)16-38-27-31-30-23(15-28-25(34)22-6-5-13-37-22)32(27)21-12-7-17(2)14-18(21)3/h5-14H,4,15-16H2,1-3H3,(H,28,34)(H,29,33). The van der Waals surface area contributed by atoms with Crippen LogP contribution in [0.25, 0.3) is 5.69 Å². The number of carbonyl (C=O) groups excluding carboxylic acids is 3. The number of ether oxygens (including phenoxy) is 1. The molecule has 2 heterocycles. The highest BCUT2D eigenvalue weighted by Crippen LogP contribution is 2.25. The van der Waals surface area contributed by atoms with Gasteiger partial charge in [0.25, 0.3) is 5.91 Å². The van der Waals surface area contributed by atoms with Crippen LogP contribution in [-0.2, 0) is 16.1 Å². The van der Waals surface area contributed by atoms with Gasteiger partial charge >= 0.3 is 5.97 Å². The Hall–Kier alpha value is -4.38. The number of nitrogens with one attached hydrogen (secondary N) is 2. The number of carbonyl (C=O) groups is 3. The van der Waals surface area contributed by atoms with Crippen LogP contribution in [0, 0.1) is 13.8 Å². The molecule has 0 aliphatic carbocycles. The predicted octanol–water partition coefficient (Wildman–Crippen LogP) is 4.31. The maximum Gasteiger partial charge on any atom is 0.338 e. The summed E-state index contributed by atoms with van der Waals surface area (Å²) in [6.07, 6.45) is 1.43. The fourth-order valence-electron chi connectivity index (χ4n) is 3.69. The summed E-state index contributed by atoms with van der Waals surface area (Å²) < 4.78 is 12.0. The second-order valence-electron chi connectivity index (χ2n) is 8.32. The Morgan fingerprint density at radius 1 is 1.05 bits per heavy atom. The third-order valence-electron chi connectivity index (χ3n) is 5.46. The van der Waals surface area contributed by atoms with Crippen LogP contribution in [0.15, 0.2) is 70.4 Å². The van der Waals surface area contributed by atoms with Crippen LogP contribution in [0.5, 0.6) is 0 Å². The molecule has 0 radical (unpaired) electrons. The summed E-state index contributed by atoms with van der Waals surface area (Å²) in [5.74, 6) is -0.253. The minimum absolute atomic E-state index is 0.0709. The molecule has 0 fully saturated rings. The smallest absolute Gasteiger partial charge is 0.338 e. The lowest BCUT2D eigenvalue weighted by molar-refractivity contribution is -0.113. The average molecular weight is 534 g/mol. The molecule has 196 valence electrons. The van der Waals surface area contributed by atoms with E-state index in [1.165, 1.54) is 18.0 Å². The van der Waals surface area contributed by atoms with Crippen LogP contribution in [0.4, 0.5) is 5.69 Å². The van der Waals surface area contributed by atoms with Crippen molar-refractivity contribution in [3.8, 4) is 5.69 Å². The molecule has 0 aliphatic heterocycles. The minimum Gasteiger partial charge on any atom is -0.462 e. The van der Waals surface area contributed by atoms with Gasteiger partial charge in [0.2, 0.25) is 5.91 Å². The highest BCUT2D eigenvalue weighted by atomic mass is 32.2. The molecule has 4 aromatic rings. The van der Waals surface area contributed by atoms with Gasteiger partial charge in [0.05, 0.1) is 36.4 Å². The highest BCUT2D eigenvalue weighted by Gasteiger charge is 2.19. The number of hydrogen-bond acceptors (Lipinski definition) is 8. The number of amides is 2. The average Bonchev–Trinajstić information content (AvgIpc) is 3.57. The summed E-state index contributed by atoms with van der Waals surface area (Å²) in [5.41, 5.74) is 3.92. The molecule has 10 nitrogen and oxygen atoms in total. The molecule has 2 amide bonds. The molecule has 11 heteroatoms. The van der Waals surface area contributed by atoms with Crippen LogP contribution in [-0.4, -0.2) is 44.9 Å². The van der Waals surface area contributed by atoms with Crippen molar-refractivity contribution in [2.45, 2.75) is 32.5 Å². The third-order valence-corrected chi connectivity index (χ3v) is 6.39. The summed E-state index contributed by atoms with van der Waals surface area (Å²) in [4.78, 5) is 36.9. The molecular formula is C27H27N5O5S. The molecule has 2 aromatic heterocycles. The molecule has 4 rings (SSSR count).